The number of benzene rings is 1. The highest BCUT2D eigenvalue weighted by Gasteiger charge is 2.12. The van der Waals surface area contributed by atoms with Crippen molar-refractivity contribution < 1.29 is 17.9 Å². The Hall–Kier alpha value is -1.40. The van der Waals surface area contributed by atoms with E-state index in [0.29, 0.717) is 12.5 Å². The zero-order chi connectivity index (χ0) is 15.7. The van der Waals surface area contributed by atoms with Crippen molar-refractivity contribution in [3.63, 3.8) is 0 Å². The quantitative estimate of drug-likeness (QED) is 0.708. The fourth-order valence-corrected chi connectivity index (χ4v) is 3.06. The van der Waals surface area contributed by atoms with Crippen LogP contribution < -0.4 is 4.72 Å². The smallest absolute Gasteiger partial charge is 0.305 e. The first kappa shape index (κ1) is 17.7. The molecule has 21 heavy (non-hydrogen) atoms. The largest absolute Gasteiger partial charge is 0.469 e. The molecule has 1 atom stereocenters. The SMILES string of the molecule is COC(=O)CCCS(=O)(=O)NCCC(C)c1ccccc1. The van der Waals surface area contributed by atoms with Crippen LogP contribution in [0.5, 0.6) is 0 Å². The minimum absolute atomic E-state index is 0.0538. The van der Waals surface area contributed by atoms with Gasteiger partial charge in [0.2, 0.25) is 10.0 Å². The average Bonchev–Trinajstić information content (AvgIpc) is 2.47. The lowest BCUT2D eigenvalue weighted by Gasteiger charge is -2.12. The Morgan fingerprint density at radius 1 is 1.29 bits per heavy atom. The number of hydrogen-bond acceptors (Lipinski definition) is 4. The van der Waals surface area contributed by atoms with Crippen molar-refractivity contribution in [3.05, 3.63) is 35.9 Å². The minimum atomic E-state index is -3.32. The molecule has 0 aromatic heterocycles. The second-order valence-corrected chi connectivity index (χ2v) is 6.92. The summed E-state index contributed by atoms with van der Waals surface area (Å²) in [6, 6.07) is 9.98. The van der Waals surface area contributed by atoms with Crippen LogP contribution in [0.4, 0.5) is 0 Å². The van der Waals surface area contributed by atoms with Crippen molar-refractivity contribution in [3.8, 4) is 0 Å². The number of sulfonamides is 1. The van der Waals surface area contributed by atoms with Gasteiger partial charge >= 0.3 is 5.97 Å². The topological polar surface area (TPSA) is 72.5 Å². The summed E-state index contributed by atoms with van der Waals surface area (Å²) in [6.45, 7) is 2.47. The summed E-state index contributed by atoms with van der Waals surface area (Å²) in [5, 5.41) is 0. The molecular formula is C15H23NO4S. The molecule has 0 spiro atoms. The Balaban J connectivity index is 2.29. The molecule has 0 radical (unpaired) electrons. The molecule has 1 aromatic rings. The Kier molecular flexibility index (Phi) is 7.39. The van der Waals surface area contributed by atoms with E-state index in [9.17, 15) is 13.2 Å². The monoisotopic (exact) mass is 313 g/mol. The van der Waals surface area contributed by atoms with E-state index < -0.39 is 10.0 Å². The van der Waals surface area contributed by atoms with E-state index in [1.165, 1.54) is 12.7 Å². The predicted octanol–water partition coefficient (Wildman–Crippen LogP) is 2.05. The highest BCUT2D eigenvalue weighted by Crippen LogP contribution is 2.17. The first-order valence-corrected chi connectivity index (χ1v) is 8.69. The van der Waals surface area contributed by atoms with Crippen LogP contribution in [0.15, 0.2) is 30.3 Å². The molecule has 6 heteroatoms. The summed E-state index contributed by atoms with van der Waals surface area (Å²) in [6.07, 6.45) is 1.13. The summed E-state index contributed by atoms with van der Waals surface area (Å²) >= 11 is 0. The lowest BCUT2D eigenvalue weighted by Crippen LogP contribution is -2.28. The second kappa shape index (κ2) is 8.79. The molecule has 0 saturated carbocycles. The number of nitrogens with one attached hydrogen (secondary N) is 1. The number of hydrogen-bond donors (Lipinski definition) is 1. The van der Waals surface area contributed by atoms with Crippen LogP contribution in [0.25, 0.3) is 0 Å². The van der Waals surface area contributed by atoms with Gasteiger partial charge in [-0.1, -0.05) is 37.3 Å². The number of esters is 1. The second-order valence-electron chi connectivity index (χ2n) is 4.99. The molecule has 1 N–H and O–H groups in total. The van der Waals surface area contributed by atoms with Gasteiger partial charge in [-0.25, -0.2) is 13.1 Å². The number of ether oxygens (including phenoxy) is 1. The van der Waals surface area contributed by atoms with E-state index >= 15 is 0 Å². The molecular weight excluding hydrogens is 290 g/mol. The van der Waals surface area contributed by atoms with Gasteiger partial charge in [0.1, 0.15) is 0 Å². The maximum absolute atomic E-state index is 11.8. The van der Waals surface area contributed by atoms with Crippen LogP contribution in [-0.4, -0.2) is 33.8 Å². The Morgan fingerprint density at radius 2 is 1.95 bits per heavy atom. The Bertz CT molecular complexity index is 528. The van der Waals surface area contributed by atoms with Crippen LogP contribution >= 0.6 is 0 Å². The van der Waals surface area contributed by atoms with Gasteiger partial charge in [-0.05, 0) is 24.3 Å². The molecule has 0 bridgehead atoms. The average molecular weight is 313 g/mol. The van der Waals surface area contributed by atoms with Crippen LogP contribution in [0.1, 0.15) is 37.7 Å². The third-order valence-corrected chi connectivity index (χ3v) is 4.76. The van der Waals surface area contributed by atoms with Gasteiger partial charge in [0.25, 0.3) is 0 Å². The van der Waals surface area contributed by atoms with Crippen LogP contribution in [0.3, 0.4) is 0 Å². The molecule has 0 saturated heterocycles. The lowest BCUT2D eigenvalue weighted by molar-refractivity contribution is -0.140. The number of methoxy groups -OCH3 is 1. The third-order valence-electron chi connectivity index (χ3n) is 3.29. The molecule has 1 unspecified atom stereocenters. The summed E-state index contributed by atoms with van der Waals surface area (Å²) in [7, 11) is -2.03. The Morgan fingerprint density at radius 3 is 2.57 bits per heavy atom. The van der Waals surface area contributed by atoms with E-state index in [1.807, 2.05) is 30.3 Å². The number of carbonyl (C=O) groups is 1. The van der Waals surface area contributed by atoms with Crippen LogP contribution in [-0.2, 0) is 19.6 Å². The molecule has 0 heterocycles. The van der Waals surface area contributed by atoms with E-state index in [4.69, 9.17) is 0 Å². The lowest BCUT2D eigenvalue weighted by atomic mass is 9.98. The van der Waals surface area contributed by atoms with Gasteiger partial charge in [0, 0.05) is 13.0 Å². The van der Waals surface area contributed by atoms with E-state index in [2.05, 4.69) is 16.4 Å². The zero-order valence-corrected chi connectivity index (χ0v) is 13.4. The standard InChI is InChI=1S/C15H23NO4S/c1-13(14-7-4-3-5-8-14)10-11-16-21(18,19)12-6-9-15(17)20-2/h3-5,7-8,13,16H,6,9-12H2,1-2H3. The van der Waals surface area contributed by atoms with Crippen molar-refractivity contribution in [1.29, 1.82) is 0 Å². The zero-order valence-electron chi connectivity index (χ0n) is 12.5. The predicted molar refractivity (Wildman–Crippen MR) is 82.5 cm³/mol. The highest BCUT2D eigenvalue weighted by molar-refractivity contribution is 7.89. The fraction of sp³-hybridized carbons (Fsp3) is 0.533. The summed E-state index contributed by atoms with van der Waals surface area (Å²) < 4.78 is 30.6. The van der Waals surface area contributed by atoms with Crippen molar-refractivity contribution in [1.82, 2.24) is 4.72 Å². The van der Waals surface area contributed by atoms with Gasteiger partial charge in [-0.15, -0.1) is 0 Å². The first-order valence-electron chi connectivity index (χ1n) is 7.03. The van der Waals surface area contributed by atoms with Crippen LogP contribution in [0.2, 0.25) is 0 Å². The molecule has 1 rings (SSSR count). The minimum Gasteiger partial charge on any atom is -0.469 e. The molecule has 118 valence electrons. The number of carbonyl (C=O) groups excluding carboxylic acids is 1. The summed E-state index contributed by atoms with van der Waals surface area (Å²) in [5.74, 6) is -0.145. The van der Waals surface area contributed by atoms with E-state index in [1.54, 1.807) is 0 Å². The molecule has 0 amide bonds. The molecule has 1 aromatic carbocycles. The molecule has 5 nitrogen and oxygen atoms in total. The molecule has 0 aliphatic heterocycles. The number of rotatable bonds is 9. The summed E-state index contributed by atoms with van der Waals surface area (Å²) in [4.78, 5) is 10.9. The normalized spacial score (nSPS) is 12.9. The van der Waals surface area contributed by atoms with Gasteiger partial charge in [0.15, 0.2) is 0 Å². The van der Waals surface area contributed by atoms with E-state index in [0.717, 1.165) is 6.42 Å². The Labute approximate surface area is 126 Å². The van der Waals surface area contributed by atoms with Gasteiger partial charge < -0.3 is 4.74 Å². The van der Waals surface area contributed by atoms with Crippen molar-refractivity contribution in [2.24, 2.45) is 0 Å². The fourth-order valence-electron chi connectivity index (χ4n) is 1.96. The van der Waals surface area contributed by atoms with Gasteiger partial charge in [-0.3, -0.25) is 4.79 Å². The summed E-state index contributed by atoms with van der Waals surface area (Å²) in [5.41, 5.74) is 1.20. The third kappa shape index (κ3) is 7.24. The maximum atomic E-state index is 11.8. The maximum Gasteiger partial charge on any atom is 0.305 e. The molecule has 0 aliphatic carbocycles. The van der Waals surface area contributed by atoms with Crippen molar-refractivity contribution >= 4 is 16.0 Å². The van der Waals surface area contributed by atoms with Crippen LogP contribution in [0, 0.1) is 0 Å². The van der Waals surface area contributed by atoms with Gasteiger partial charge in [0.05, 0.1) is 12.9 Å². The van der Waals surface area contributed by atoms with E-state index in [-0.39, 0.29) is 24.6 Å². The van der Waals surface area contributed by atoms with Crippen molar-refractivity contribution in [2.75, 3.05) is 19.4 Å². The molecule has 0 aliphatic rings. The highest BCUT2D eigenvalue weighted by atomic mass is 32.2. The first-order chi connectivity index (χ1) is 9.94. The van der Waals surface area contributed by atoms with Gasteiger partial charge in [-0.2, -0.15) is 0 Å². The van der Waals surface area contributed by atoms with Crippen molar-refractivity contribution in [2.45, 2.75) is 32.1 Å². The molecule has 0 fully saturated rings.